The number of hydroxylamine groups is 2. The van der Waals surface area contributed by atoms with Crippen molar-refractivity contribution in [3.63, 3.8) is 0 Å². The minimum Gasteiger partial charge on any atom is -0.366 e. The highest BCUT2D eigenvalue weighted by Gasteiger charge is 2.50. The van der Waals surface area contributed by atoms with Crippen LogP contribution in [0.15, 0.2) is 10.7 Å². The molecule has 0 aromatic rings. The SMILES string of the molecule is CCC(=O)/C(Cl)=C1\NC(C)(C)N([O])C1(C)C. The molecule has 0 saturated carbocycles. The van der Waals surface area contributed by atoms with Gasteiger partial charge in [0.15, 0.2) is 5.78 Å². The van der Waals surface area contributed by atoms with Crippen molar-refractivity contribution in [3.05, 3.63) is 10.7 Å². The first-order chi connectivity index (χ1) is 7.14. The maximum Gasteiger partial charge on any atom is 0.175 e. The summed E-state index contributed by atoms with van der Waals surface area (Å²) in [5.74, 6) is -0.150. The van der Waals surface area contributed by atoms with Gasteiger partial charge in [0.2, 0.25) is 0 Å². The number of nitrogens with one attached hydrogen (secondary N) is 1. The fourth-order valence-electron chi connectivity index (χ4n) is 1.93. The molecule has 1 heterocycles. The minimum atomic E-state index is -0.800. The van der Waals surface area contributed by atoms with E-state index in [-0.39, 0.29) is 10.8 Å². The molecule has 0 unspecified atom stereocenters. The smallest absolute Gasteiger partial charge is 0.175 e. The summed E-state index contributed by atoms with van der Waals surface area (Å²) in [5.41, 5.74) is -1.03. The van der Waals surface area contributed by atoms with Crippen LogP contribution in [-0.4, -0.2) is 22.0 Å². The average Bonchev–Trinajstić information content (AvgIpc) is 2.37. The Labute approximate surface area is 101 Å². The second-order valence-corrected chi connectivity index (χ2v) is 5.38. The number of hydrogen-bond donors (Lipinski definition) is 1. The lowest BCUT2D eigenvalue weighted by atomic mass is 10.0. The topological polar surface area (TPSA) is 52.2 Å². The second kappa shape index (κ2) is 4.02. The highest BCUT2D eigenvalue weighted by atomic mass is 35.5. The molecule has 0 aliphatic carbocycles. The number of ketones is 1. The number of hydrogen-bond acceptors (Lipinski definition) is 3. The molecule has 0 aromatic heterocycles. The van der Waals surface area contributed by atoms with Gasteiger partial charge in [0.05, 0.1) is 11.2 Å². The largest absolute Gasteiger partial charge is 0.366 e. The summed E-state index contributed by atoms with van der Waals surface area (Å²) in [6.07, 6.45) is 0.333. The van der Waals surface area contributed by atoms with Gasteiger partial charge in [0.1, 0.15) is 10.7 Å². The molecule has 1 fully saturated rings. The van der Waals surface area contributed by atoms with E-state index in [1.807, 2.05) is 0 Å². The van der Waals surface area contributed by atoms with Crippen LogP contribution in [0.2, 0.25) is 0 Å². The van der Waals surface area contributed by atoms with E-state index in [0.717, 1.165) is 5.06 Å². The van der Waals surface area contributed by atoms with E-state index in [0.29, 0.717) is 12.1 Å². The lowest BCUT2D eigenvalue weighted by molar-refractivity contribution is -0.243. The Balaban J connectivity index is 3.23. The Morgan fingerprint density at radius 1 is 1.38 bits per heavy atom. The van der Waals surface area contributed by atoms with Crippen LogP contribution in [0.3, 0.4) is 0 Å². The van der Waals surface area contributed by atoms with Gasteiger partial charge in [-0.1, -0.05) is 18.5 Å². The molecule has 0 spiro atoms. The molecule has 5 heteroatoms. The molecule has 0 atom stereocenters. The van der Waals surface area contributed by atoms with Crippen LogP contribution in [-0.2, 0) is 10.0 Å². The highest BCUT2D eigenvalue weighted by molar-refractivity contribution is 6.43. The van der Waals surface area contributed by atoms with Crippen molar-refractivity contribution in [1.82, 2.24) is 10.4 Å². The maximum absolute atomic E-state index is 12.0. The quantitative estimate of drug-likeness (QED) is 0.759. The first kappa shape index (κ1) is 13.5. The summed E-state index contributed by atoms with van der Waals surface area (Å²) in [7, 11) is 0. The third-order valence-corrected chi connectivity index (χ3v) is 3.24. The fraction of sp³-hybridized carbons (Fsp3) is 0.727. The van der Waals surface area contributed by atoms with Gasteiger partial charge in [-0.3, -0.25) is 4.79 Å². The van der Waals surface area contributed by atoms with Gasteiger partial charge in [-0.2, -0.15) is 0 Å². The molecule has 4 nitrogen and oxygen atoms in total. The van der Waals surface area contributed by atoms with Gasteiger partial charge in [-0.05, 0) is 27.7 Å². The zero-order valence-electron chi connectivity index (χ0n) is 10.3. The molecule has 91 valence electrons. The van der Waals surface area contributed by atoms with Crippen LogP contribution in [0.25, 0.3) is 0 Å². The molecule has 16 heavy (non-hydrogen) atoms. The lowest BCUT2D eigenvalue weighted by Gasteiger charge is -2.29. The summed E-state index contributed by atoms with van der Waals surface area (Å²) >= 11 is 6.02. The molecule has 0 bridgehead atoms. The van der Waals surface area contributed by atoms with Crippen LogP contribution < -0.4 is 5.32 Å². The van der Waals surface area contributed by atoms with E-state index >= 15 is 0 Å². The number of carbonyl (C=O) groups is 1. The van der Waals surface area contributed by atoms with E-state index in [1.165, 1.54) is 0 Å². The van der Waals surface area contributed by atoms with Crippen LogP contribution in [0.5, 0.6) is 0 Å². The fourth-order valence-corrected chi connectivity index (χ4v) is 2.34. The van der Waals surface area contributed by atoms with Crippen molar-refractivity contribution < 1.29 is 10.0 Å². The average molecular weight is 246 g/mol. The number of carbonyl (C=O) groups excluding carboxylic acids is 1. The van der Waals surface area contributed by atoms with Gasteiger partial charge in [-0.15, -0.1) is 10.3 Å². The van der Waals surface area contributed by atoms with Gasteiger partial charge < -0.3 is 5.32 Å². The summed E-state index contributed by atoms with van der Waals surface area (Å²) in [6, 6.07) is 0. The maximum atomic E-state index is 12.0. The highest BCUT2D eigenvalue weighted by Crippen LogP contribution is 2.38. The Bertz CT molecular complexity index is 348. The van der Waals surface area contributed by atoms with Crippen LogP contribution in [0.4, 0.5) is 0 Å². The Kier molecular flexibility index (Phi) is 3.39. The molecule has 1 aliphatic heterocycles. The molecule has 0 amide bonds. The summed E-state index contributed by atoms with van der Waals surface area (Å²) in [5, 5.41) is 16.1. The molecule has 0 aromatic carbocycles. The summed E-state index contributed by atoms with van der Waals surface area (Å²) in [4.78, 5) is 11.6. The Morgan fingerprint density at radius 3 is 2.19 bits per heavy atom. The van der Waals surface area contributed by atoms with Crippen molar-refractivity contribution in [1.29, 1.82) is 0 Å². The van der Waals surface area contributed by atoms with Crippen molar-refractivity contribution in [2.75, 3.05) is 0 Å². The molecule has 1 aliphatic rings. The van der Waals surface area contributed by atoms with Crippen LogP contribution in [0.1, 0.15) is 41.0 Å². The van der Waals surface area contributed by atoms with Crippen molar-refractivity contribution in [2.45, 2.75) is 52.2 Å². The van der Waals surface area contributed by atoms with Crippen LogP contribution >= 0.6 is 11.6 Å². The predicted molar refractivity (Wildman–Crippen MR) is 62.0 cm³/mol. The van der Waals surface area contributed by atoms with E-state index < -0.39 is 11.2 Å². The third-order valence-electron chi connectivity index (χ3n) is 2.84. The molecule has 1 saturated heterocycles. The molecular formula is C11H18ClN2O2. The monoisotopic (exact) mass is 245 g/mol. The molecule has 1 radical (unpaired) electrons. The van der Waals surface area contributed by atoms with Gasteiger partial charge in [0.25, 0.3) is 0 Å². The number of nitrogens with zero attached hydrogens (tertiary/aromatic N) is 1. The third kappa shape index (κ3) is 1.97. The zero-order valence-corrected chi connectivity index (χ0v) is 11.1. The van der Waals surface area contributed by atoms with E-state index in [1.54, 1.807) is 34.6 Å². The second-order valence-electron chi connectivity index (χ2n) is 5.00. The lowest BCUT2D eigenvalue weighted by Crippen LogP contribution is -2.47. The number of halogens is 1. The van der Waals surface area contributed by atoms with E-state index in [2.05, 4.69) is 5.32 Å². The Hall–Kier alpha value is -0.580. The van der Waals surface area contributed by atoms with Crippen LogP contribution in [0, 0.1) is 0 Å². The molecular weight excluding hydrogens is 228 g/mol. The zero-order chi connectivity index (χ0) is 12.7. The summed E-state index contributed by atoms with van der Waals surface area (Å²) in [6.45, 7) is 8.77. The van der Waals surface area contributed by atoms with Gasteiger partial charge in [0, 0.05) is 6.42 Å². The number of Topliss-reactive ketones (excluding diaryl/α,β-unsaturated/α-hetero) is 1. The molecule has 1 rings (SSSR count). The number of rotatable bonds is 2. The van der Waals surface area contributed by atoms with Gasteiger partial charge >= 0.3 is 0 Å². The van der Waals surface area contributed by atoms with E-state index in [9.17, 15) is 10.0 Å². The molecule has 1 N–H and O–H groups in total. The normalized spacial score (nSPS) is 26.4. The predicted octanol–water partition coefficient (Wildman–Crippen LogP) is 2.18. The van der Waals surface area contributed by atoms with Gasteiger partial charge in [-0.25, -0.2) is 0 Å². The standard InChI is InChI=1S/C11H18ClN2O2/c1-6-7(15)8(12)9-10(2,3)14(16)11(4,5)13-9/h13H,6H2,1-5H3/b9-8+. The summed E-state index contributed by atoms with van der Waals surface area (Å²) < 4.78 is 0. The van der Waals surface area contributed by atoms with E-state index in [4.69, 9.17) is 11.6 Å². The first-order valence-electron chi connectivity index (χ1n) is 5.33. The Morgan fingerprint density at radius 2 is 1.88 bits per heavy atom. The minimum absolute atomic E-state index is 0.138. The number of allylic oxidation sites excluding steroid dienone is 1. The first-order valence-corrected chi connectivity index (χ1v) is 5.71. The van der Waals surface area contributed by atoms with Crippen molar-refractivity contribution >= 4 is 17.4 Å². The van der Waals surface area contributed by atoms with Crippen molar-refractivity contribution in [3.8, 4) is 0 Å². The van der Waals surface area contributed by atoms with Crippen molar-refractivity contribution in [2.24, 2.45) is 0 Å².